The van der Waals surface area contributed by atoms with Gasteiger partial charge in [-0.3, -0.25) is 0 Å². The van der Waals surface area contributed by atoms with Crippen molar-refractivity contribution in [1.82, 2.24) is 0 Å². The van der Waals surface area contributed by atoms with Gasteiger partial charge in [-0.05, 0) is 57.3 Å². The van der Waals surface area contributed by atoms with Crippen LogP contribution in [-0.2, 0) is 0 Å². The molecule has 0 aliphatic carbocycles. The summed E-state index contributed by atoms with van der Waals surface area (Å²) in [4.78, 5) is 10.6. The van der Waals surface area contributed by atoms with Crippen molar-refractivity contribution >= 4 is 68.5 Å². The second kappa shape index (κ2) is 5.38. The van der Waals surface area contributed by atoms with Crippen molar-refractivity contribution in [2.45, 2.75) is 0 Å². The van der Waals surface area contributed by atoms with Gasteiger partial charge >= 0.3 is 5.97 Å². The number of hydrogen-bond acceptors (Lipinski definition) is 2. The van der Waals surface area contributed by atoms with E-state index in [1.165, 1.54) is 6.07 Å². The molecular formula is C7H4AlI2O3. The van der Waals surface area contributed by atoms with Crippen LogP contribution < -0.4 is 0 Å². The molecule has 0 atom stereocenters. The minimum Gasteiger partial charge on any atom is -0.506 e. The Bertz CT molecular complexity index is 341. The molecule has 6 heteroatoms. The van der Waals surface area contributed by atoms with Gasteiger partial charge in [0.2, 0.25) is 0 Å². The Kier molecular flexibility index (Phi) is 5.58. The van der Waals surface area contributed by atoms with Crippen molar-refractivity contribution in [2.75, 3.05) is 0 Å². The summed E-state index contributed by atoms with van der Waals surface area (Å²) in [7, 11) is 0. The first kappa shape index (κ1) is 13.5. The number of hydrogen-bond donors (Lipinski definition) is 2. The molecule has 2 N–H and O–H groups in total. The van der Waals surface area contributed by atoms with E-state index in [4.69, 9.17) is 5.11 Å². The van der Waals surface area contributed by atoms with Crippen LogP contribution in [0, 0.1) is 7.14 Å². The molecule has 0 aliphatic heterocycles. The molecule has 3 radical (unpaired) electrons. The van der Waals surface area contributed by atoms with Crippen LogP contribution in [-0.4, -0.2) is 33.5 Å². The van der Waals surface area contributed by atoms with Gasteiger partial charge in [0, 0.05) is 20.9 Å². The van der Waals surface area contributed by atoms with E-state index in [0.29, 0.717) is 3.57 Å². The number of benzene rings is 1. The zero-order chi connectivity index (χ0) is 9.30. The van der Waals surface area contributed by atoms with Crippen LogP contribution in [0.15, 0.2) is 12.1 Å². The fourth-order valence-corrected chi connectivity index (χ4v) is 2.57. The van der Waals surface area contributed by atoms with Crippen molar-refractivity contribution in [2.24, 2.45) is 0 Å². The van der Waals surface area contributed by atoms with Gasteiger partial charge in [-0.15, -0.1) is 0 Å². The van der Waals surface area contributed by atoms with E-state index >= 15 is 0 Å². The smallest absolute Gasteiger partial charge is 0.339 e. The molecule has 1 aromatic rings. The first-order chi connectivity index (χ1) is 5.52. The van der Waals surface area contributed by atoms with E-state index in [0.717, 1.165) is 3.57 Å². The van der Waals surface area contributed by atoms with Crippen LogP contribution in [0.4, 0.5) is 0 Å². The Morgan fingerprint density at radius 3 is 2.31 bits per heavy atom. The minimum atomic E-state index is -1.11. The molecule has 3 nitrogen and oxygen atoms in total. The largest absolute Gasteiger partial charge is 0.506 e. The SMILES string of the molecule is O=C(O)c1cc(I)cc(I)c1O.[Al]. The topological polar surface area (TPSA) is 57.5 Å². The fourth-order valence-electron chi connectivity index (χ4n) is 0.729. The molecule has 0 saturated heterocycles. The van der Waals surface area contributed by atoms with Gasteiger partial charge in [-0.25, -0.2) is 4.79 Å². The highest BCUT2D eigenvalue weighted by molar-refractivity contribution is 14.1. The molecule has 0 amide bonds. The van der Waals surface area contributed by atoms with Crippen LogP contribution in [0.2, 0.25) is 0 Å². The minimum absolute atomic E-state index is 0. The standard InChI is InChI=1S/C7H4I2O3.Al/c8-3-1-4(7(11)12)6(10)5(9)2-3;/h1-2,10H,(H,11,12);. The Morgan fingerprint density at radius 1 is 1.31 bits per heavy atom. The van der Waals surface area contributed by atoms with Crippen molar-refractivity contribution in [3.8, 4) is 5.75 Å². The second-order valence-corrected chi connectivity index (χ2v) is 4.50. The number of carboxylic acid groups (broad SMARTS) is 1. The lowest BCUT2D eigenvalue weighted by molar-refractivity contribution is 0.0693. The summed E-state index contributed by atoms with van der Waals surface area (Å²) in [5, 5.41) is 17.9. The van der Waals surface area contributed by atoms with E-state index in [1.807, 2.05) is 45.2 Å². The summed E-state index contributed by atoms with van der Waals surface area (Å²) in [6, 6.07) is 3.14. The highest BCUT2D eigenvalue weighted by Crippen LogP contribution is 2.26. The van der Waals surface area contributed by atoms with Crippen LogP contribution >= 0.6 is 45.2 Å². The maximum atomic E-state index is 10.6. The monoisotopic (exact) mass is 417 g/mol. The third-order valence-electron chi connectivity index (χ3n) is 1.26. The Hall–Kier alpha value is 0.482. The maximum absolute atomic E-state index is 10.6. The Morgan fingerprint density at radius 2 is 1.85 bits per heavy atom. The molecule has 0 unspecified atom stereocenters. The first-order valence-corrected chi connectivity index (χ1v) is 5.09. The van der Waals surface area contributed by atoms with Crippen LogP contribution in [0.1, 0.15) is 10.4 Å². The molecule has 1 aromatic carbocycles. The number of aromatic hydroxyl groups is 1. The van der Waals surface area contributed by atoms with E-state index in [-0.39, 0.29) is 28.7 Å². The average Bonchev–Trinajstić information content (AvgIpc) is 1.96. The number of halogens is 2. The lowest BCUT2D eigenvalue weighted by Crippen LogP contribution is -1.98. The summed E-state index contributed by atoms with van der Waals surface area (Å²) in [5.74, 6) is -1.27. The highest BCUT2D eigenvalue weighted by atomic mass is 127. The number of aromatic carboxylic acids is 1. The number of carboxylic acids is 1. The molecule has 67 valence electrons. The zero-order valence-corrected chi connectivity index (χ0v) is 11.8. The van der Waals surface area contributed by atoms with Crippen LogP contribution in [0.5, 0.6) is 5.75 Å². The van der Waals surface area contributed by atoms with Gasteiger partial charge in [0.15, 0.2) is 0 Å². The van der Waals surface area contributed by atoms with Crippen LogP contribution in [0.25, 0.3) is 0 Å². The van der Waals surface area contributed by atoms with Crippen molar-refractivity contribution < 1.29 is 15.0 Å². The van der Waals surface area contributed by atoms with Crippen molar-refractivity contribution in [3.63, 3.8) is 0 Å². The Balaban J connectivity index is 0.00000144. The summed E-state index contributed by atoms with van der Waals surface area (Å²) in [6.45, 7) is 0. The van der Waals surface area contributed by atoms with Gasteiger partial charge in [0.25, 0.3) is 0 Å². The first-order valence-electron chi connectivity index (χ1n) is 2.93. The van der Waals surface area contributed by atoms with Gasteiger partial charge in [0.05, 0.1) is 3.57 Å². The molecule has 13 heavy (non-hydrogen) atoms. The Labute approximate surface area is 113 Å². The van der Waals surface area contributed by atoms with Gasteiger partial charge < -0.3 is 10.2 Å². The quantitative estimate of drug-likeness (QED) is 0.543. The predicted octanol–water partition coefficient (Wildman–Crippen LogP) is 1.92. The number of carbonyl (C=O) groups is 1. The molecule has 0 aliphatic rings. The summed E-state index contributed by atoms with van der Waals surface area (Å²) < 4.78 is 1.35. The summed E-state index contributed by atoms with van der Waals surface area (Å²) in [5.41, 5.74) is -0.0497. The molecule has 0 bridgehead atoms. The lowest BCUT2D eigenvalue weighted by atomic mass is 10.2. The predicted molar refractivity (Wildman–Crippen MR) is 66.3 cm³/mol. The molecule has 0 spiro atoms. The van der Waals surface area contributed by atoms with E-state index in [2.05, 4.69) is 0 Å². The van der Waals surface area contributed by atoms with Gasteiger partial charge in [0.1, 0.15) is 11.3 Å². The lowest BCUT2D eigenvalue weighted by Gasteiger charge is -2.02. The summed E-state index contributed by atoms with van der Waals surface area (Å²) >= 11 is 3.89. The van der Waals surface area contributed by atoms with E-state index in [1.54, 1.807) is 6.07 Å². The molecule has 0 fully saturated rings. The van der Waals surface area contributed by atoms with E-state index in [9.17, 15) is 9.90 Å². The second-order valence-electron chi connectivity index (χ2n) is 2.09. The normalized spacial score (nSPS) is 9.08. The molecule has 0 heterocycles. The molecule has 1 rings (SSSR count). The van der Waals surface area contributed by atoms with E-state index < -0.39 is 5.97 Å². The van der Waals surface area contributed by atoms with Gasteiger partial charge in [-0.1, -0.05) is 0 Å². The molecule has 0 aromatic heterocycles. The van der Waals surface area contributed by atoms with Crippen molar-refractivity contribution in [3.05, 3.63) is 24.8 Å². The molecular weight excluding hydrogens is 413 g/mol. The highest BCUT2D eigenvalue weighted by Gasteiger charge is 2.12. The number of rotatable bonds is 1. The average molecular weight is 417 g/mol. The third-order valence-corrected chi connectivity index (χ3v) is 2.70. The fraction of sp³-hybridized carbons (Fsp3) is 0. The molecule has 0 saturated carbocycles. The summed E-state index contributed by atoms with van der Waals surface area (Å²) in [6.07, 6.45) is 0. The zero-order valence-electron chi connectivity index (χ0n) is 6.29. The van der Waals surface area contributed by atoms with Crippen LogP contribution in [0.3, 0.4) is 0 Å². The van der Waals surface area contributed by atoms with Crippen molar-refractivity contribution in [1.29, 1.82) is 0 Å². The van der Waals surface area contributed by atoms with Gasteiger partial charge in [-0.2, -0.15) is 0 Å². The maximum Gasteiger partial charge on any atom is 0.339 e. The number of phenols is 1. The third kappa shape index (κ3) is 3.27.